The van der Waals surface area contributed by atoms with Crippen LogP contribution in [-0.4, -0.2) is 4.57 Å². The summed E-state index contributed by atoms with van der Waals surface area (Å²) in [5.74, 6) is 0. The second-order valence-corrected chi connectivity index (χ2v) is 4.04. The smallest absolute Gasteiger partial charge is 0.0556 e. The minimum Gasteiger partial charge on any atom is -0.323 e. The van der Waals surface area contributed by atoms with Gasteiger partial charge in [-0.2, -0.15) is 0 Å². The molecule has 0 fully saturated rings. The molecule has 1 aromatic heterocycles. The Kier molecular flexibility index (Phi) is 2.03. The first-order valence-electron chi connectivity index (χ1n) is 5.48. The highest BCUT2D eigenvalue weighted by atomic mass is 14.9. The lowest BCUT2D eigenvalue weighted by molar-refractivity contribution is 1.07. The summed E-state index contributed by atoms with van der Waals surface area (Å²) in [6.45, 7) is 2.15. The highest BCUT2D eigenvalue weighted by Crippen LogP contribution is 2.25. The average Bonchev–Trinajstić information content (AvgIpc) is 2.82. The van der Waals surface area contributed by atoms with Crippen LogP contribution in [0.5, 0.6) is 0 Å². The first-order valence-corrected chi connectivity index (χ1v) is 5.48. The molecular formula is C15H13N. The molecule has 0 saturated heterocycles. The molecule has 0 saturated carbocycles. The minimum atomic E-state index is 1.28. The fraction of sp³-hybridized carbons (Fsp3) is 0.0667. The predicted molar refractivity (Wildman–Crippen MR) is 68.0 cm³/mol. The quantitative estimate of drug-likeness (QED) is 0.569. The third-order valence-corrected chi connectivity index (χ3v) is 2.96. The normalized spacial score (nSPS) is 10.8. The molecule has 3 aromatic rings. The lowest BCUT2D eigenvalue weighted by Crippen LogP contribution is -1.94. The molecule has 0 aliphatic rings. The SMILES string of the molecule is Cc1ccc2ccccc2c1-n1cccc1. The fourth-order valence-corrected chi connectivity index (χ4v) is 2.19. The second-order valence-electron chi connectivity index (χ2n) is 4.04. The predicted octanol–water partition coefficient (Wildman–Crippen LogP) is 3.94. The van der Waals surface area contributed by atoms with Gasteiger partial charge in [0, 0.05) is 17.8 Å². The first-order chi connectivity index (χ1) is 7.86. The van der Waals surface area contributed by atoms with Crippen LogP contribution in [0.2, 0.25) is 0 Å². The number of aryl methyl sites for hydroxylation is 1. The van der Waals surface area contributed by atoms with Gasteiger partial charge in [0.1, 0.15) is 0 Å². The highest BCUT2D eigenvalue weighted by Gasteiger charge is 2.04. The Morgan fingerprint density at radius 3 is 2.38 bits per heavy atom. The summed E-state index contributed by atoms with van der Waals surface area (Å²) >= 11 is 0. The van der Waals surface area contributed by atoms with Crippen molar-refractivity contribution >= 4 is 10.8 Å². The molecule has 1 nitrogen and oxygen atoms in total. The summed E-state index contributed by atoms with van der Waals surface area (Å²) in [4.78, 5) is 0. The topological polar surface area (TPSA) is 4.93 Å². The van der Waals surface area contributed by atoms with Gasteiger partial charge in [-0.25, -0.2) is 0 Å². The minimum absolute atomic E-state index is 1.28. The number of aromatic nitrogens is 1. The zero-order valence-electron chi connectivity index (χ0n) is 9.22. The molecule has 78 valence electrons. The van der Waals surface area contributed by atoms with Crippen molar-refractivity contribution < 1.29 is 0 Å². The van der Waals surface area contributed by atoms with Crippen molar-refractivity contribution in [2.45, 2.75) is 6.92 Å². The fourth-order valence-electron chi connectivity index (χ4n) is 2.19. The van der Waals surface area contributed by atoms with Crippen LogP contribution >= 0.6 is 0 Å². The van der Waals surface area contributed by atoms with E-state index >= 15 is 0 Å². The van der Waals surface area contributed by atoms with Gasteiger partial charge in [-0.05, 0) is 30.0 Å². The van der Waals surface area contributed by atoms with Crippen molar-refractivity contribution in [2.75, 3.05) is 0 Å². The monoisotopic (exact) mass is 207 g/mol. The van der Waals surface area contributed by atoms with Crippen molar-refractivity contribution in [2.24, 2.45) is 0 Å². The summed E-state index contributed by atoms with van der Waals surface area (Å²) in [6.07, 6.45) is 4.18. The number of hydrogen-bond acceptors (Lipinski definition) is 0. The lowest BCUT2D eigenvalue weighted by Gasteiger charge is -2.11. The van der Waals surface area contributed by atoms with Gasteiger partial charge in [0.2, 0.25) is 0 Å². The first kappa shape index (κ1) is 9.22. The van der Waals surface area contributed by atoms with E-state index in [-0.39, 0.29) is 0 Å². The number of fused-ring (bicyclic) bond motifs is 1. The van der Waals surface area contributed by atoms with E-state index in [4.69, 9.17) is 0 Å². The molecular weight excluding hydrogens is 194 g/mol. The van der Waals surface area contributed by atoms with E-state index in [1.165, 1.54) is 22.0 Å². The Balaban J connectivity index is 2.42. The maximum atomic E-state index is 2.18. The van der Waals surface area contributed by atoms with Crippen LogP contribution in [-0.2, 0) is 0 Å². The molecule has 3 rings (SSSR count). The van der Waals surface area contributed by atoms with Crippen LogP contribution in [0.25, 0.3) is 16.5 Å². The number of hydrogen-bond donors (Lipinski definition) is 0. The number of rotatable bonds is 1. The number of benzene rings is 2. The molecule has 1 heterocycles. The Hall–Kier alpha value is -2.02. The number of nitrogens with zero attached hydrogens (tertiary/aromatic N) is 1. The van der Waals surface area contributed by atoms with Gasteiger partial charge in [0.05, 0.1) is 5.69 Å². The van der Waals surface area contributed by atoms with E-state index in [0.29, 0.717) is 0 Å². The second kappa shape index (κ2) is 3.53. The summed E-state index contributed by atoms with van der Waals surface area (Å²) in [5, 5.41) is 2.59. The molecule has 0 amide bonds. The third-order valence-electron chi connectivity index (χ3n) is 2.96. The Morgan fingerprint density at radius 1 is 0.812 bits per heavy atom. The van der Waals surface area contributed by atoms with Gasteiger partial charge in [-0.15, -0.1) is 0 Å². The molecule has 0 radical (unpaired) electrons. The Morgan fingerprint density at radius 2 is 1.56 bits per heavy atom. The van der Waals surface area contributed by atoms with Gasteiger partial charge >= 0.3 is 0 Å². The molecule has 2 aromatic carbocycles. The summed E-state index contributed by atoms with van der Waals surface area (Å²) < 4.78 is 2.18. The van der Waals surface area contributed by atoms with Crippen LogP contribution in [0.1, 0.15) is 5.56 Å². The molecule has 0 spiro atoms. The van der Waals surface area contributed by atoms with Crippen molar-refractivity contribution in [1.29, 1.82) is 0 Å². The van der Waals surface area contributed by atoms with Crippen LogP contribution in [0.15, 0.2) is 60.9 Å². The molecule has 1 heteroatoms. The zero-order valence-corrected chi connectivity index (χ0v) is 9.22. The third kappa shape index (κ3) is 1.33. The molecule has 0 aliphatic carbocycles. The standard InChI is InChI=1S/C15H13N/c1-12-8-9-13-6-2-3-7-14(13)15(12)16-10-4-5-11-16/h2-11H,1H3. The average molecular weight is 207 g/mol. The van der Waals surface area contributed by atoms with Crippen molar-refractivity contribution in [3.05, 3.63) is 66.5 Å². The maximum absolute atomic E-state index is 2.18. The largest absolute Gasteiger partial charge is 0.323 e. The summed E-state index contributed by atoms with van der Waals surface area (Å²) in [5.41, 5.74) is 2.58. The Labute approximate surface area is 95.0 Å². The van der Waals surface area contributed by atoms with E-state index < -0.39 is 0 Å². The molecule has 0 bridgehead atoms. The van der Waals surface area contributed by atoms with Gasteiger partial charge < -0.3 is 4.57 Å². The van der Waals surface area contributed by atoms with E-state index in [9.17, 15) is 0 Å². The van der Waals surface area contributed by atoms with E-state index in [1.54, 1.807) is 0 Å². The van der Waals surface area contributed by atoms with Gasteiger partial charge in [-0.1, -0.05) is 36.4 Å². The van der Waals surface area contributed by atoms with E-state index in [0.717, 1.165) is 0 Å². The van der Waals surface area contributed by atoms with E-state index in [2.05, 4.69) is 72.4 Å². The van der Waals surface area contributed by atoms with Crippen LogP contribution in [0.3, 0.4) is 0 Å². The van der Waals surface area contributed by atoms with Crippen molar-refractivity contribution in [1.82, 2.24) is 4.57 Å². The van der Waals surface area contributed by atoms with Gasteiger partial charge in [-0.3, -0.25) is 0 Å². The zero-order chi connectivity index (χ0) is 11.0. The maximum Gasteiger partial charge on any atom is 0.0556 e. The molecule has 0 unspecified atom stereocenters. The molecule has 0 atom stereocenters. The molecule has 0 N–H and O–H groups in total. The van der Waals surface area contributed by atoms with E-state index in [1.807, 2.05) is 0 Å². The summed E-state index contributed by atoms with van der Waals surface area (Å²) in [6, 6.07) is 17.0. The van der Waals surface area contributed by atoms with Crippen LogP contribution in [0, 0.1) is 6.92 Å². The highest BCUT2D eigenvalue weighted by molar-refractivity contribution is 5.91. The molecule has 0 aliphatic heterocycles. The summed E-state index contributed by atoms with van der Waals surface area (Å²) in [7, 11) is 0. The Bertz CT molecular complexity index is 621. The van der Waals surface area contributed by atoms with Crippen molar-refractivity contribution in [3.63, 3.8) is 0 Å². The van der Waals surface area contributed by atoms with Crippen LogP contribution < -0.4 is 0 Å². The van der Waals surface area contributed by atoms with Gasteiger partial charge in [0.25, 0.3) is 0 Å². The lowest BCUT2D eigenvalue weighted by atomic mass is 10.0. The van der Waals surface area contributed by atoms with Gasteiger partial charge in [0.15, 0.2) is 0 Å². The molecule has 16 heavy (non-hydrogen) atoms. The van der Waals surface area contributed by atoms with Crippen LogP contribution in [0.4, 0.5) is 0 Å². The van der Waals surface area contributed by atoms with Crippen molar-refractivity contribution in [3.8, 4) is 5.69 Å².